The fourth-order valence-electron chi connectivity index (χ4n) is 2.78. The van der Waals surface area contributed by atoms with Crippen LogP contribution in [0.4, 0.5) is 0 Å². The summed E-state index contributed by atoms with van der Waals surface area (Å²) in [4.78, 5) is 18.3. The lowest BCUT2D eigenvalue weighted by atomic mass is 9.96. The topological polar surface area (TPSA) is 82.8 Å². The molecule has 140 valence electrons. The van der Waals surface area contributed by atoms with Gasteiger partial charge in [0.1, 0.15) is 0 Å². The summed E-state index contributed by atoms with van der Waals surface area (Å²) in [5, 5.41) is 6.77. The number of likely N-dealkylation sites (tertiary alicyclic amines) is 1. The number of guanidine groups is 1. The van der Waals surface area contributed by atoms with Crippen molar-refractivity contribution in [2.24, 2.45) is 22.6 Å². The van der Waals surface area contributed by atoms with Crippen molar-refractivity contribution in [3.05, 3.63) is 0 Å². The van der Waals surface area contributed by atoms with Gasteiger partial charge in [0.05, 0.1) is 0 Å². The molecule has 0 radical (unpaired) electrons. The number of aliphatic imine (C=N–C) groups is 1. The second-order valence-electron chi connectivity index (χ2n) is 7.16. The van der Waals surface area contributed by atoms with Gasteiger partial charge in [0, 0.05) is 25.0 Å². The Kier molecular flexibility index (Phi) is 9.76. The number of nitrogens with zero attached hydrogens (tertiary/aromatic N) is 2. The van der Waals surface area contributed by atoms with E-state index in [4.69, 9.17) is 5.73 Å². The summed E-state index contributed by atoms with van der Waals surface area (Å²) in [7, 11) is 0. The number of hydrogen-bond donors (Lipinski definition) is 3. The van der Waals surface area contributed by atoms with Gasteiger partial charge in [0.25, 0.3) is 0 Å². The molecule has 1 aliphatic heterocycles. The summed E-state index contributed by atoms with van der Waals surface area (Å²) in [5.41, 5.74) is 5.37. The summed E-state index contributed by atoms with van der Waals surface area (Å²) in [6.07, 6.45) is 4.05. The van der Waals surface area contributed by atoms with Crippen molar-refractivity contribution in [2.45, 2.75) is 59.4 Å². The molecule has 1 unspecified atom stereocenters. The summed E-state index contributed by atoms with van der Waals surface area (Å²) >= 11 is 0. The zero-order chi connectivity index (χ0) is 17.9. The van der Waals surface area contributed by atoms with E-state index < -0.39 is 0 Å². The van der Waals surface area contributed by atoms with Crippen LogP contribution in [0.1, 0.15) is 53.4 Å². The maximum Gasteiger partial charge on any atom is 0.220 e. The van der Waals surface area contributed by atoms with Crippen LogP contribution in [0.3, 0.4) is 0 Å². The number of hydrogen-bond acceptors (Lipinski definition) is 3. The van der Waals surface area contributed by atoms with Crippen molar-refractivity contribution in [3.8, 4) is 0 Å². The maximum atomic E-state index is 11.2. The van der Waals surface area contributed by atoms with Gasteiger partial charge in [-0.3, -0.25) is 9.79 Å². The minimum Gasteiger partial charge on any atom is -0.369 e. The minimum atomic E-state index is -0.136. The zero-order valence-corrected chi connectivity index (χ0v) is 16.0. The molecule has 0 aromatic heterocycles. The molecule has 1 fully saturated rings. The normalized spacial score (nSPS) is 18.6. The number of carbonyl (C=O) groups excluding carboxylic acids is 1. The van der Waals surface area contributed by atoms with Crippen LogP contribution in [0.25, 0.3) is 0 Å². The number of amides is 1. The molecule has 4 N–H and O–H groups in total. The zero-order valence-electron chi connectivity index (χ0n) is 16.0. The van der Waals surface area contributed by atoms with E-state index in [0.29, 0.717) is 12.0 Å². The van der Waals surface area contributed by atoms with E-state index in [0.717, 1.165) is 64.4 Å². The van der Waals surface area contributed by atoms with Crippen LogP contribution >= 0.6 is 0 Å². The third-order valence-electron chi connectivity index (χ3n) is 4.85. The van der Waals surface area contributed by atoms with Crippen LogP contribution in [0, 0.1) is 11.8 Å². The predicted molar refractivity (Wildman–Crippen MR) is 101 cm³/mol. The third-order valence-corrected chi connectivity index (χ3v) is 4.85. The Bertz CT molecular complexity index is 389. The fraction of sp³-hybridized carbons (Fsp3) is 0.889. The van der Waals surface area contributed by atoms with Gasteiger partial charge in [-0.2, -0.15) is 0 Å². The first-order chi connectivity index (χ1) is 11.4. The van der Waals surface area contributed by atoms with Gasteiger partial charge in [-0.1, -0.05) is 13.8 Å². The molecule has 6 heteroatoms. The van der Waals surface area contributed by atoms with Crippen LogP contribution in [-0.2, 0) is 4.79 Å². The number of unbranched alkanes of at least 4 members (excludes halogenated alkanes) is 1. The van der Waals surface area contributed by atoms with Crippen LogP contribution < -0.4 is 16.4 Å². The number of nitrogens with one attached hydrogen (secondary N) is 2. The van der Waals surface area contributed by atoms with Crippen LogP contribution in [-0.4, -0.2) is 55.5 Å². The SMILES string of the molecule is CCNC(=NCCCCN1CCC(C(N)=O)CC1)NC(C)C(C)C. The lowest BCUT2D eigenvalue weighted by Gasteiger charge is -2.30. The molecule has 1 heterocycles. The Balaban J connectivity index is 2.22. The molecular weight excluding hydrogens is 302 g/mol. The van der Waals surface area contributed by atoms with E-state index in [1.54, 1.807) is 0 Å². The number of rotatable bonds is 9. The van der Waals surface area contributed by atoms with Crippen molar-refractivity contribution in [2.75, 3.05) is 32.7 Å². The molecule has 6 nitrogen and oxygen atoms in total. The van der Waals surface area contributed by atoms with E-state index in [-0.39, 0.29) is 11.8 Å². The molecule has 0 aromatic carbocycles. The van der Waals surface area contributed by atoms with Crippen LogP contribution in [0.5, 0.6) is 0 Å². The molecule has 0 aromatic rings. The number of carbonyl (C=O) groups is 1. The lowest BCUT2D eigenvalue weighted by molar-refractivity contribution is -0.123. The maximum absolute atomic E-state index is 11.2. The molecular formula is C18H37N5O. The lowest BCUT2D eigenvalue weighted by Crippen LogP contribution is -2.44. The molecule has 1 amide bonds. The highest BCUT2D eigenvalue weighted by Crippen LogP contribution is 2.16. The minimum absolute atomic E-state index is 0.0857. The van der Waals surface area contributed by atoms with E-state index in [1.807, 2.05) is 0 Å². The quantitative estimate of drug-likeness (QED) is 0.338. The van der Waals surface area contributed by atoms with Gasteiger partial charge >= 0.3 is 0 Å². The summed E-state index contributed by atoms with van der Waals surface area (Å²) in [5.74, 6) is 1.45. The van der Waals surface area contributed by atoms with Gasteiger partial charge in [-0.15, -0.1) is 0 Å². The second-order valence-corrected chi connectivity index (χ2v) is 7.16. The molecule has 0 aliphatic carbocycles. The summed E-state index contributed by atoms with van der Waals surface area (Å²) in [6, 6.07) is 0.411. The van der Waals surface area contributed by atoms with Crippen LogP contribution in [0.2, 0.25) is 0 Å². The Labute approximate surface area is 147 Å². The molecule has 1 aliphatic rings. The van der Waals surface area contributed by atoms with E-state index >= 15 is 0 Å². The number of primary amides is 1. The molecule has 24 heavy (non-hydrogen) atoms. The van der Waals surface area contributed by atoms with Crippen molar-refractivity contribution in [3.63, 3.8) is 0 Å². The number of piperidine rings is 1. The Hall–Kier alpha value is -1.30. The van der Waals surface area contributed by atoms with Crippen molar-refractivity contribution in [1.82, 2.24) is 15.5 Å². The number of nitrogens with two attached hydrogens (primary N) is 1. The highest BCUT2D eigenvalue weighted by atomic mass is 16.1. The average Bonchev–Trinajstić information content (AvgIpc) is 2.54. The standard InChI is InChI=1S/C18H37N5O/c1-5-20-18(22-15(4)14(2)3)21-10-6-7-11-23-12-8-16(9-13-23)17(19)24/h14-16H,5-13H2,1-4H3,(H2,19,24)(H2,20,21,22). The Morgan fingerprint density at radius 2 is 1.92 bits per heavy atom. The molecule has 0 spiro atoms. The van der Waals surface area contributed by atoms with Gasteiger partial charge in [0.2, 0.25) is 5.91 Å². The van der Waals surface area contributed by atoms with Gasteiger partial charge in [-0.05, 0) is 65.1 Å². The largest absolute Gasteiger partial charge is 0.369 e. The fourth-order valence-corrected chi connectivity index (χ4v) is 2.78. The monoisotopic (exact) mass is 339 g/mol. The average molecular weight is 340 g/mol. The van der Waals surface area contributed by atoms with E-state index in [1.165, 1.54) is 0 Å². The molecule has 0 bridgehead atoms. The van der Waals surface area contributed by atoms with Crippen molar-refractivity contribution >= 4 is 11.9 Å². The highest BCUT2D eigenvalue weighted by molar-refractivity contribution is 5.80. The molecule has 1 saturated heterocycles. The molecule has 1 rings (SSSR count). The highest BCUT2D eigenvalue weighted by Gasteiger charge is 2.22. The first kappa shape index (κ1) is 20.7. The smallest absolute Gasteiger partial charge is 0.220 e. The first-order valence-electron chi connectivity index (χ1n) is 9.50. The predicted octanol–water partition coefficient (Wildman–Crippen LogP) is 1.56. The summed E-state index contributed by atoms with van der Waals surface area (Å²) < 4.78 is 0. The Morgan fingerprint density at radius 1 is 1.25 bits per heavy atom. The first-order valence-corrected chi connectivity index (χ1v) is 9.50. The third kappa shape index (κ3) is 7.99. The van der Waals surface area contributed by atoms with Crippen molar-refractivity contribution < 1.29 is 4.79 Å². The van der Waals surface area contributed by atoms with Crippen molar-refractivity contribution in [1.29, 1.82) is 0 Å². The molecule has 1 atom stereocenters. The van der Waals surface area contributed by atoms with Gasteiger partial charge in [-0.25, -0.2) is 0 Å². The molecule has 0 saturated carbocycles. The second kappa shape index (κ2) is 11.3. The Morgan fingerprint density at radius 3 is 2.46 bits per heavy atom. The summed E-state index contributed by atoms with van der Waals surface area (Å²) in [6.45, 7) is 13.5. The van der Waals surface area contributed by atoms with E-state index in [9.17, 15) is 4.79 Å². The van der Waals surface area contributed by atoms with Crippen LogP contribution in [0.15, 0.2) is 4.99 Å². The van der Waals surface area contributed by atoms with Gasteiger partial charge in [0.15, 0.2) is 5.96 Å². The van der Waals surface area contributed by atoms with E-state index in [2.05, 4.69) is 48.2 Å². The van der Waals surface area contributed by atoms with Gasteiger partial charge < -0.3 is 21.3 Å².